The molecule has 6 N–H and O–H groups in total. The molecule has 0 aromatic heterocycles. The number of carbonyl (C=O) groups is 2. The second kappa shape index (κ2) is 46.3. The number of nitrogens with one attached hydrogen (secondary N) is 1. The normalized spacial score (nSPS) is 19.8. The van der Waals surface area contributed by atoms with Crippen molar-refractivity contribution in [3.8, 4) is 0 Å². The predicted octanol–water partition coefficient (Wildman–Crippen LogP) is 11.9. The third kappa shape index (κ3) is 36.5. The zero-order chi connectivity index (χ0) is 48.8. The number of esters is 1. The minimum Gasteiger partial charge on any atom is -0.466 e. The number of allylic oxidation sites excluding steroid dienone is 5. The van der Waals surface area contributed by atoms with Crippen molar-refractivity contribution in [2.24, 2.45) is 0 Å². The van der Waals surface area contributed by atoms with Crippen molar-refractivity contribution in [1.82, 2.24) is 5.32 Å². The van der Waals surface area contributed by atoms with Gasteiger partial charge in [0.25, 0.3) is 0 Å². The van der Waals surface area contributed by atoms with Gasteiger partial charge in [-0.2, -0.15) is 0 Å². The number of ether oxygens (including phenoxy) is 3. The van der Waals surface area contributed by atoms with Crippen LogP contribution in [0.3, 0.4) is 0 Å². The smallest absolute Gasteiger partial charge is 0.305 e. The van der Waals surface area contributed by atoms with E-state index in [0.29, 0.717) is 19.4 Å². The number of unbranched alkanes of at least 4 members (excludes halogenated alkanes) is 29. The Morgan fingerprint density at radius 1 is 0.537 bits per heavy atom. The van der Waals surface area contributed by atoms with Gasteiger partial charge in [-0.1, -0.05) is 217 Å². The van der Waals surface area contributed by atoms with Gasteiger partial charge in [0, 0.05) is 12.8 Å². The topological polar surface area (TPSA) is 175 Å². The highest BCUT2D eigenvalue weighted by molar-refractivity contribution is 5.76. The first-order valence-corrected chi connectivity index (χ1v) is 27.8. The Labute approximate surface area is 409 Å². The fourth-order valence-corrected chi connectivity index (χ4v) is 8.53. The molecule has 0 spiro atoms. The van der Waals surface area contributed by atoms with Crippen LogP contribution in [0.15, 0.2) is 36.5 Å². The van der Waals surface area contributed by atoms with Gasteiger partial charge >= 0.3 is 5.97 Å². The van der Waals surface area contributed by atoms with Crippen molar-refractivity contribution in [3.05, 3.63) is 36.5 Å². The summed E-state index contributed by atoms with van der Waals surface area (Å²) in [6.45, 7) is 4.22. The maximum Gasteiger partial charge on any atom is 0.305 e. The molecule has 11 heteroatoms. The summed E-state index contributed by atoms with van der Waals surface area (Å²) in [4.78, 5) is 25.0. The number of rotatable bonds is 47. The summed E-state index contributed by atoms with van der Waals surface area (Å²) in [6.07, 6.45) is 45.2. The molecule has 7 unspecified atom stereocenters. The fourth-order valence-electron chi connectivity index (χ4n) is 8.53. The van der Waals surface area contributed by atoms with Gasteiger partial charge in [-0.15, -0.1) is 0 Å². The first-order valence-electron chi connectivity index (χ1n) is 27.8. The molecule has 67 heavy (non-hydrogen) atoms. The summed E-state index contributed by atoms with van der Waals surface area (Å²) in [6, 6.07) is -0.837. The molecule has 1 amide bonds. The summed E-state index contributed by atoms with van der Waals surface area (Å²) in [5.74, 6) is -0.217. The van der Waals surface area contributed by atoms with Crippen molar-refractivity contribution in [3.63, 3.8) is 0 Å². The second-order valence-corrected chi connectivity index (χ2v) is 19.3. The summed E-state index contributed by atoms with van der Waals surface area (Å²) in [7, 11) is 0. The lowest BCUT2D eigenvalue weighted by Crippen LogP contribution is -2.60. The quantitative estimate of drug-likeness (QED) is 0.0196. The third-order valence-electron chi connectivity index (χ3n) is 13.0. The van der Waals surface area contributed by atoms with Gasteiger partial charge in [-0.05, 0) is 51.4 Å². The summed E-state index contributed by atoms with van der Waals surface area (Å²) < 4.78 is 16.6. The highest BCUT2D eigenvalue weighted by atomic mass is 16.7. The van der Waals surface area contributed by atoms with E-state index in [-0.39, 0.29) is 18.5 Å². The molecule has 1 aliphatic heterocycles. The van der Waals surface area contributed by atoms with E-state index in [1.54, 1.807) is 6.08 Å². The molecule has 1 rings (SSSR count). The lowest BCUT2D eigenvalue weighted by atomic mass is 9.99. The average Bonchev–Trinajstić information content (AvgIpc) is 3.32. The molecule has 392 valence electrons. The second-order valence-electron chi connectivity index (χ2n) is 19.3. The monoisotopic (exact) mass is 950 g/mol. The van der Waals surface area contributed by atoms with Crippen LogP contribution in [-0.4, -0.2) is 100 Å². The van der Waals surface area contributed by atoms with Crippen LogP contribution in [0.4, 0.5) is 0 Å². The number of carbonyl (C=O) groups excluding carboxylic acids is 2. The molecule has 1 aliphatic rings. The van der Waals surface area contributed by atoms with Crippen LogP contribution in [0.5, 0.6) is 0 Å². The minimum atomic E-state index is -1.58. The maximum atomic E-state index is 13.0. The summed E-state index contributed by atoms with van der Waals surface area (Å²) in [5.41, 5.74) is 0. The van der Waals surface area contributed by atoms with Crippen LogP contribution >= 0.6 is 0 Å². The van der Waals surface area contributed by atoms with Gasteiger partial charge in [-0.3, -0.25) is 9.59 Å². The van der Waals surface area contributed by atoms with E-state index in [2.05, 4.69) is 43.5 Å². The molecular formula is C56H103NO10. The standard InChI is InChI=1S/C56H103NO10/c1-3-5-7-9-11-13-22-26-30-34-38-42-49(59)48(47-66-56-55(64)54(63)53(62)50(46-58)67-56)57-51(60)43-39-35-31-27-24-20-18-16-15-17-19-21-25-29-33-37-41-45-65-52(61)44-40-36-32-28-23-14-12-10-8-6-4-2/h7,9,22,26,38,42,48-50,53-56,58-59,62-64H,3-6,8,10-21,23-25,27-37,39-41,43-47H2,1-2H3,(H,57,60)/b9-7+,26-22+,42-38+. The Bertz CT molecular complexity index is 1210. The number of aliphatic hydroxyl groups excluding tert-OH is 5. The van der Waals surface area contributed by atoms with Crippen molar-refractivity contribution in [2.45, 2.75) is 288 Å². The lowest BCUT2D eigenvalue weighted by Gasteiger charge is -2.40. The van der Waals surface area contributed by atoms with E-state index < -0.39 is 49.5 Å². The van der Waals surface area contributed by atoms with Crippen LogP contribution in [0.1, 0.15) is 245 Å². The van der Waals surface area contributed by atoms with Gasteiger partial charge < -0.3 is 45.1 Å². The van der Waals surface area contributed by atoms with E-state index in [1.807, 2.05) is 6.08 Å². The Morgan fingerprint density at radius 3 is 1.45 bits per heavy atom. The van der Waals surface area contributed by atoms with Crippen molar-refractivity contribution >= 4 is 11.9 Å². The molecule has 0 aromatic carbocycles. The SMILES string of the molecule is CCC/C=C/CC/C=C/CC/C=C/C(O)C(COC1OC(CO)C(O)C(O)C1O)NC(=O)CCCCCCCCCCCCCCCCCCCOC(=O)CCCCCCCCCCCCC. The molecule has 0 aliphatic carbocycles. The molecule has 11 nitrogen and oxygen atoms in total. The van der Waals surface area contributed by atoms with Crippen LogP contribution in [0, 0.1) is 0 Å². The molecule has 0 radical (unpaired) electrons. The van der Waals surface area contributed by atoms with Gasteiger partial charge in [0.1, 0.15) is 24.4 Å². The van der Waals surface area contributed by atoms with Crippen molar-refractivity contribution < 1.29 is 49.3 Å². The molecule has 0 saturated carbocycles. The average molecular weight is 950 g/mol. The highest BCUT2D eigenvalue weighted by Crippen LogP contribution is 2.23. The number of amides is 1. The zero-order valence-corrected chi connectivity index (χ0v) is 42.9. The number of hydrogen-bond donors (Lipinski definition) is 6. The van der Waals surface area contributed by atoms with E-state index in [1.165, 1.54) is 128 Å². The maximum absolute atomic E-state index is 13.0. The van der Waals surface area contributed by atoms with Crippen molar-refractivity contribution in [2.75, 3.05) is 19.8 Å². The van der Waals surface area contributed by atoms with Gasteiger partial charge in [-0.25, -0.2) is 0 Å². The van der Waals surface area contributed by atoms with Gasteiger partial charge in [0.05, 0.1) is 32.0 Å². The summed E-state index contributed by atoms with van der Waals surface area (Å²) >= 11 is 0. The number of aliphatic hydroxyl groups is 5. The minimum absolute atomic E-state index is 0.0135. The van der Waals surface area contributed by atoms with E-state index in [9.17, 15) is 35.1 Å². The molecule has 7 atom stereocenters. The van der Waals surface area contributed by atoms with E-state index >= 15 is 0 Å². The molecule has 1 saturated heterocycles. The Kier molecular flexibility index (Phi) is 43.4. The molecule has 1 heterocycles. The van der Waals surface area contributed by atoms with Gasteiger partial charge in [0.2, 0.25) is 5.91 Å². The Hall–Kier alpha value is -2.12. The van der Waals surface area contributed by atoms with Crippen LogP contribution in [0.2, 0.25) is 0 Å². The fraction of sp³-hybridized carbons (Fsp3) is 0.857. The molecule has 1 fully saturated rings. The van der Waals surface area contributed by atoms with Crippen LogP contribution in [0.25, 0.3) is 0 Å². The predicted molar refractivity (Wildman–Crippen MR) is 274 cm³/mol. The van der Waals surface area contributed by atoms with E-state index in [4.69, 9.17) is 14.2 Å². The Morgan fingerprint density at radius 2 is 0.970 bits per heavy atom. The third-order valence-corrected chi connectivity index (χ3v) is 13.0. The van der Waals surface area contributed by atoms with Gasteiger partial charge in [0.15, 0.2) is 6.29 Å². The molecular weight excluding hydrogens is 847 g/mol. The lowest BCUT2D eigenvalue weighted by molar-refractivity contribution is -0.302. The van der Waals surface area contributed by atoms with Crippen LogP contribution in [-0.2, 0) is 23.8 Å². The number of hydrogen-bond acceptors (Lipinski definition) is 10. The summed E-state index contributed by atoms with van der Waals surface area (Å²) in [5, 5.41) is 54.2. The first-order chi connectivity index (χ1) is 32.7. The zero-order valence-electron chi connectivity index (χ0n) is 42.9. The van der Waals surface area contributed by atoms with E-state index in [0.717, 1.165) is 89.9 Å². The van der Waals surface area contributed by atoms with Crippen molar-refractivity contribution in [1.29, 1.82) is 0 Å². The first kappa shape index (κ1) is 62.9. The Balaban J connectivity index is 2.11. The largest absolute Gasteiger partial charge is 0.466 e. The molecule has 0 aromatic rings. The highest BCUT2D eigenvalue weighted by Gasteiger charge is 2.44. The molecule has 0 bridgehead atoms. The van der Waals surface area contributed by atoms with Crippen LogP contribution < -0.4 is 5.32 Å².